The van der Waals surface area contributed by atoms with E-state index in [4.69, 9.17) is 0 Å². The summed E-state index contributed by atoms with van der Waals surface area (Å²) in [6, 6.07) is 4.79. The number of aromatic nitrogens is 2. The van der Waals surface area contributed by atoms with Crippen molar-refractivity contribution in [2.45, 2.75) is 6.18 Å². The monoisotopic (exact) mass is 211 g/mol. The molecule has 0 aliphatic rings. The molecule has 0 unspecified atom stereocenters. The third kappa shape index (κ3) is 2.01. The molecule has 0 atom stereocenters. The van der Waals surface area contributed by atoms with E-state index in [9.17, 15) is 13.2 Å². The first kappa shape index (κ1) is 9.76. The number of nitrogens with one attached hydrogen (secondary N) is 1. The fourth-order valence-corrected chi connectivity index (χ4v) is 1.19. The second kappa shape index (κ2) is 3.42. The lowest BCUT2D eigenvalue weighted by atomic mass is 10.1. The van der Waals surface area contributed by atoms with Crippen molar-refractivity contribution in [3.05, 3.63) is 42.2 Å². The van der Waals surface area contributed by atoms with Crippen molar-refractivity contribution in [3.8, 4) is 11.4 Å². The van der Waals surface area contributed by atoms with E-state index in [1.807, 2.05) is 0 Å². The summed E-state index contributed by atoms with van der Waals surface area (Å²) in [5, 5.41) is 0. The number of nitrogens with zero attached hydrogens (tertiary/aromatic N) is 1. The van der Waals surface area contributed by atoms with Gasteiger partial charge in [0.2, 0.25) is 0 Å². The number of H-pyrrole nitrogens is 1. The Morgan fingerprint density at radius 3 is 2.27 bits per heavy atom. The number of alkyl halides is 3. The maximum Gasteiger partial charge on any atom is 0.416 e. The molecule has 1 radical (unpaired) electrons. The van der Waals surface area contributed by atoms with Crippen molar-refractivity contribution in [1.82, 2.24) is 9.97 Å². The topological polar surface area (TPSA) is 28.7 Å². The van der Waals surface area contributed by atoms with Crippen molar-refractivity contribution < 1.29 is 13.2 Å². The highest BCUT2D eigenvalue weighted by atomic mass is 19.4. The lowest BCUT2D eigenvalue weighted by molar-refractivity contribution is -0.137. The Balaban J connectivity index is 2.33. The lowest BCUT2D eigenvalue weighted by Gasteiger charge is -2.06. The van der Waals surface area contributed by atoms with Gasteiger partial charge in [0.25, 0.3) is 0 Å². The van der Waals surface area contributed by atoms with Gasteiger partial charge in [0.05, 0.1) is 5.56 Å². The quantitative estimate of drug-likeness (QED) is 0.771. The zero-order chi connectivity index (χ0) is 10.9. The summed E-state index contributed by atoms with van der Waals surface area (Å²) >= 11 is 0. The summed E-state index contributed by atoms with van der Waals surface area (Å²) in [6.45, 7) is 0. The first-order valence-electron chi connectivity index (χ1n) is 4.16. The summed E-state index contributed by atoms with van der Waals surface area (Å²) in [7, 11) is 0. The number of hydrogen-bond donors (Lipinski definition) is 1. The van der Waals surface area contributed by atoms with Crippen molar-refractivity contribution in [2.75, 3.05) is 0 Å². The Bertz CT molecular complexity index is 429. The molecule has 0 saturated carbocycles. The molecule has 0 bridgehead atoms. The second-order valence-corrected chi connectivity index (χ2v) is 2.95. The summed E-state index contributed by atoms with van der Waals surface area (Å²) in [5.41, 5.74) is -0.0639. The van der Waals surface area contributed by atoms with Gasteiger partial charge in [0.15, 0.2) is 0 Å². The zero-order valence-electron chi connectivity index (χ0n) is 7.47. The van der Waals surface area contributed by atoms with Gasteiger partial charge in [-0.1, -0.05) is 12.1 Å². The van der Waals surface area contributed by atoms with E-state index in [0.29, 0.717) is 11.4 Å². The van der Waals surface area contributed by atoms with Gasteiger partial charge in [-0.2, -0.15) is 13.2 Å². The Kier molecular flexibility index (Phi) is 2.22. The van der Waals surface area contributed by atoms with Crippen molar-refractivity contribution in [3.63, 3.8) is 0 Å². The summed E-state index contributed by atoms with van der Waals surface area (Å²) < 4.78 is 36.7. The van der Waals surface area contributed by atoms with Crippen LogP contribution in [0.25, 0.3) is 11.4 Å². The number of rotatable bonds is 1. The smallest absolute Gasteiger partial charge is 0.344 e. The SMILES string of the molecule is FC(F)(F)c1ccc(-c2n[c]c[nH]2)cc1. The summed E-state index contributed by atoms with van der Waals surface area (Å²) in [4.78, 5) is 6.58. The van der Waals surface area contributed by atoms with Gasteiger partial charge >= 0.3 is 6.18 Å². The van der Waals surface area contributed by atoms with E-state index < -0.39 is 11.7 Å². The van der Waals surface area contributed by atoms with Crippen molar-refractivity contribution >= 4 is 0 Å². The van der Waals surface area contributed by atoms with E-state index in [0.717, 1.165) is 12.1 Å². The highest BCUT2D eigenvalue weighted by Gasteiger charge is 2.29. The predicted molar refractivity (Wildman–Crippen MR) is 47.9 cm³/mol. The molecule has 2 rings (SSSR count). The number of benzene rings is 1. The first-order valence-corrected chi connectivity index (χ1v) is 4.16. The van der Waals surface area contributed by atoms with Gasteiger partial charge in [0.1, 0.15) is 12.0 Å². The Morgan fingerprint density at radius 2 is 1.80 bits per heavy atom. The molecule has 2 aromatic rings. The van der Waals surface area contributed by atoms with Crippen LogP contribution < -0.4 is 0 Å². The lowest BCUT2D eigenvalue weighted by Crippen LogP contribution is -2.04. The molecule has 1 heterocycles. The van der Waals surface area contributed by atoms with Gasteiger partial charge < -0.3 is 4.98 Å². The molecule has 1 aromatic heterocycles. The molecule has 0 aliphatic carbocycles. The van der Waals surface area contributed by atoms with Crippen LogP contribution in [0.15, 0.2) is 30.5 Å². The molecule has 1 N–H and O–H groups in total. The fourth-order valence-electron chi connectivity index (χ4n) is 1.19. The molecule has 0 saturated heterocycles. The number of aromatic amines is 1. The molecule has 0 spiro atoms. The van der Waals surface area contributed by atoms with Crippen LogP contribution in [0.1, 0.15) is 5.56 Å². The van der Waals surface area contributed by atoms with Gasteiger partial charge in [-0.05, 0) is 12.1 Å². The molecule has 1 aromatic carbocycles. The van der Waals surface area contributed by atoms with Crippen LogP contribution in [0, 0.1) is 6.20 Å². The maximum atomic E-state index is 12.2. The van der Waals surface area contributed by atoms with Crippen LogP contribution in [0.5, 0.6) is 0 Å². The third-order valence-electron chi connectivity index (χ3n) is 1.94. The van der Waals surface area contributed by atoms with Gasteiger partial charge in [-0.25, -0.2) is 4.98 Å². The van der Waals surface area contributed by atoms with E-state index in [1.54, 1.807) is 0 Å². The van der Waals surface area contributed by atoms with Crippen LogP contribution in [0.2, 0.25) is 0 Å². The summed E-state index contributed by atoms with van der Waals surface area (Å²) in [6.07, 6.45) is -0.259. The molecular weight excluding hydrogens is 205 g/mol. The zero-order valence-corrected chi connectivity index (χ0v) is 7.47. The van der Waals surface area contributed by atoms with E-state index >= 15 is 0 Å². The van der Waals surface area contributed by atoms with Gasteiger partial charge in [0, 0.05) is 11.8 Å². The van der Waals surface area contributed by atoms with Crippen LogP contribution in [-0.4, -0.2) is 9.97 Å². The van der Waals surface area contributed by atoms with E-state index in [1.165, 1.54) is 18.3 Å². The molecule has 77 valence electrons. The Labute approximate surface area is 83.8 Å². The van der Waals surface area contributed by atoms with E-state index in [-0.39, 0.29) is 0 Å². The normalized spacial score (nSPS) is 11.7. The summed E-state index contributed by atoms with van der Waals surface area (Å²) in [5.74, 6) is 0.503. The van der Waals surface area contributed by atoms with Crippen LogP contribution in [-0.2, 0) is 6.18 Å². The fraction of sp³-hybridized carbons (Fsp3) is 0.100. The van der Waals surface area contributed by atoms with E-state index in [2.05, 4.69) is 16.2 Å². The standard InChI is InChI=1S/C10H6F3N2/c11-10(12,13)8-3-1-7(2-4-8)9-14-5-6-15-9/h1-5H,(H,14,15). The molecule has 0 fully saturated rings. The minimum Gasteiger partial charge on any atom is -0.344 e. The van der Waals surface area contributed by atoms with Crippen LogP contribution in [0.4, 0.5) is 13.2 Å². The highest BCUT2D eigenvalue weighted by molar-refractivity contribution is 5.55. The number of imidazole rings is 1. The average Bonchev–Trinajstić information content (AvgIpc) is 2.69. The van der Waals surface area contributed by atoms with Crippen LogP contribution in [0.3, 0.4) is 0 Å². The van der Waals surface area contributed by atoms with Crippen molar-refractivity contribution in [1.29, 1.82) is 0 Å². The number of hydrogen-bond acceptors (Lipinski definition) is 1. The maximum absolute atomic E-state index is 12.2. The molecule has 2 nitrogen and oxygen atoms in total. The minimum atomic E-state index is -4.30. The third-order valence-corrected chi connectivity index (χ3v) is 1.94. The molecule has 0 amide bonds. The highest BCUT2D eigenvalue weighted by Crippen LogP contribution is 2.30. The average molecular weight is 211 g/mol. The minimum absolute atomic E-state index is 0.503. The molecule has 5 heteroatoms. The Hall–Kier alpha value is -1.78. The first-order chi connectivity index (χ1) is 7.07. The van der Waals surface area contributed by atoms with Crippen molar-refractivity contribution in [2.24, 2.45) is 0 Å². The molecule has 15 heavy (non-hydrogen) atoms. The predicted octanol–water partition coefficient (Wildman–Crippen LogP) is 2.90. The van der Waals surface area contributed by atoms with Gasteiger partial charge in [-0.3, -0.25) is 0 Å². The molecular formula is C10H6F3N2. The van der Waals surface area contributed by atoms with Gasteiger partial charge in [-0.15, -0.1) is 0 Å². The Morgan fingerprint density at radius 1 is 1.13 bits per heavy atom. The van der Waals surface area contributed by atoms with Crippen LogP contribution >= 0.6 is 0 Å². The molecule has 0 aliphatic heterocycles. The second-order valence-electron chi connectivity index (χ2n) is 2.95. The number of halogens is 3. The largest absolute Gasteiger partial charge is 0.416 e.